The molecule has 3 aromatic rings. The molecule has 0 aliphatic carbocycles. The number of nitrogens with one attached hydrogen (secondary N) is 2. The average Bonchev–Trinajstić information content (AvgIpc) is 3.34. The van der Waals surface area contributed by atoms with E-state index < -0.39 is 15.8 Å². The van der Waals surface area contributed by atoms with Gasteiger partial charge in [0.2, 0.25) is 16.0 Å². The number of benzene rings is 1. The molecule has 2 aromatic heterocycles. The maximum Gasteiger partial charge on any atom is 0.417 e. The quantitative estimate of drug-likeness (QED) is 0.594. The predicted octanol–water partition coefficient (Wildman–Crippen LogP) is 0.393. The maximum absolute atomic E-state index is 12.6. The molecule has 4 rings (SSSR count). The number of H-pyrrole nitrogens is 1. The molecule has 2 N–H and O–H groups in total. The Morgan fingerprint density at radius 3 is 2.79 bits per heavy atom. The predicted molar refractivity (Wildman–Crippen MR) is 98.7 cm³/mol. The number of hydrogen-bond acceptors (Lipinski definition) is 9. The molecule has 3 heterocycles. The van der Waals surface area contributed by atoms with Crippen LogP contribution < -0.4 is 20.1 Å². The van der Waals surface area contributed by atoms with Crippen molar-refractivity contribution in [1.82, 2.24) is 24.7 Å². The fourth-order valence-electron chi connectivity index (χ4n) is 2.96. The number of methoxy groups -OCH3 is 1. The van der Waals surface area contributed by atoms with E-state index in [1.54, 1.807) is 0 Å². The molecule has 12 heteroatoms. The molecule has 1 saturated heterocycles. The van der Waals surface area contributed by atoms with Crippen molar-refractivity contribution in [3.63, 3.8) is 0 Å². The van der Waals surface area contributed by atoms with E-state index in [-0.39, 0.29) is 28.9 Å². The van der Waals surface area contributed by atoms with Crippen LogP contribution in [0.3, 0.4) is 0 Å². The number of aromatic amines is 1. The minimum Gasteiger partial charge on any atom is -0.467 e. The number of fused-ring (bicyclic) bond motifs is 1. The molecule has 0 amide bonds. The van der Waals surface area contributed by atoms with Gasteiger partial charge in [-0.05, 0) is 31.0 Å². The molecule has 1 fully saturated rings. The summed E-state index contributed by atoms with van der Waals surface area (Å²) < 4.78 is 37.7. The minimum absolute atomic E-state index is 0.0159. The highest BCUT2D eigenvalue weighted by Crippen LogP contribution is 2.19. The molecule has 0 saturated carbocycles. The molecular weight excluding hydrogens is 388 g/mol. The number of ether oxygens (including phenoxy) is 1. The van der Waals surface area contributed by atoms with Crippen LogP contribution in [0.25, 0.3) is 11.1 Å². The summed E-state index contributed by atoms with van der Waals surface area (Å²) in [5, 5.41) is 0. The summed E-state index contributed by atoms with van der Waals surface area (Å²) in [6.45, 7) is 1.53. The molecule has 0 spiro atoms. The number of aromatic nitrogens is 4. The molecular formula is C16H18N6O5S. The summed E-state index contributed by atoms with van der Waals surface area (Å²) in [4.78, 5) is 28.3. The van der Waals surface area contributed by atoms with Crippen LogP contribution in [0.5, 0.6) is 6.01 Å². The van der Waals surface area contributed by atoms with E-state index >= 15 is 0 Å². The van der Waals surface area contributed by atoms with Crippen LogP contribution in [-0.4, -0.2) is 48.6 Å². The van der Waals surface area contributed by atoms with Gasteiger partial charge in [-0.25, -0.2) is 17.9 Å². The van der Waals surface area contributed by atoms with Gasteiger partial charge in [0.1, 0.15) is 0 Å². The summed E-state index contributed by atoms with van der Waals surface area (Å²) in [6, 6.07) is 4.22. The maximum atomic E-state index is 12.6. The number of anilines is 1. The molecule has 28 heavy (non-hydrogen) atoms. The van der Waals surface area contributed by atoms with Crippen LogP contribution in [0.1, 0.15) is 18.7 Å². The number of sulfonamides is 1. The van der Waals surface area contributed by atoms with Gasteiger partial charge in [0.05, 0.1) is 24.1 Å². The van der Waals surface area contributed by atoms with E-state index in [1.165, 1.54) is 25.3 Å². The van der Waals surface area contributed by atoms with Gasteiger partial charge in [0, 0.05) is 13.1 Å². The molecule has 148 valence electrons. The molecule has 1 aliphatic heterocycles. The van der Waals surface area contributed by atoms with Crippen LogP contribution in [-0.2, 0) is 16.6 Å². The van der Waals surface area contributed by atoms with Gasteiger partial charge in [-0.15, -0.1) is 0 Å². The zero-order chi connectivity index (χ0) is 19.7. The zero-order valence-corrected chi connectivity index (χ0v) is 15.8. The first-order chi connectivity index (χ1) is 13.4. The van der Waals surface area contributed by atoms with Gasteiger partial charge in [-0.1, -0.05) is 0 Å². The summed E-state index contributed by atoms with van der Waals surface area (Å²) in [6.07, 6.45) is 2.10. The van der Waals surface area contributed by atoms with Crippen LogP contribution in [0.2, 0.25) is 0 Å². The number of oxazole rings is 1. The molecule has 0 atom stereocenters. The minimum atomic E-state index is -3.86. The highest BCUT2D eigenvalue weighted by molar-refractivity contribution is 7.89. The first-order valence-electron chi connectivity index (χ1n) is 8.61. The first-order valence-corrected chi connectivity index (χ1v) is 10.1. The van der Waals surface area contributed by atoms with E-state index in [4.69, 9.17) is 9.15 Å². The van der Waals surface area contributed by atoms with Crippen molar-refractivity contribution in [2.75, 3.05) is 25.1 Å². The van der Waals surface area contributed by atoms with Crippen molar-refractivity contribution in [2.45, 2.75) is 24.3 Å². The standard InChI is InChI=1S/C16H18N6O5S/c1-26-15-20-13(19-14(21-15)22-6-2-3-7-22)9-17-28(24,25)10-4-5-12-11(8-10)18-16(23)27-12/h4-5,8,17H,2-3,6-7,9H2,1H3,(H,18,23). The van der Waals surface area contributed by atoms with Gasteiger partial charge in [-0.2, -0.15) is 15.0 Å². The Balaban J connectivity index is 1.56. The Hall–Kier alpha value is -2.99. The van der Waals surface area contributed by atoms with Crippen LogP contribution in [0.15, 0.2) is 32.3 Å². The second-order valence-electron chi connectivity index (χ2n) is 6.23. The second kappa shape index (κ2) is 7.20. The highest BCUT2D eigenvalue weighted by atomic mass is 32.2. The highest BCUT2D eigenvalue weighted by Gasteiger charge is 2.20. The van der Waals surface area contributed by atoms with Crippen molar-refractivity contribution in [3.8, 4) is 6.01 Å². The van der Waals surface area contributed by atoms with Gasteiger partial charge in [0.15, 0.2) is 11.4 Å². The fraction of sp³-hybridized carbons (Fsp3) is 0.375. The lowest BCUT2D eigenvalue weighted by Gasteiger charge is -2.16. The number of rotatable bonds is 6. The Bertz CT molecular complexity index is 1170. The van der Waals surface area contributed by atoms with E-state index in [9.17, 15) is 13.2 Å². The summed E-state index contributed by atoms with van der Waals surface area (Å²) in [7, 11) is -2.42. The largest absolute Gasteiger partial charge is 0.467 e. The summed E-state index contributed by atoms with van der Waals surface area (Å²) in [5.41, 5.74) is 0.576. The van der Waals surface area contributed by atoms with Gasteiger partial charge in [-0.3, -0.25) is 4.98 Å². The van der Waals surface area contributed by atoms with Crippen molar-refractivity contribution in [2.24, 2.45) is 0 Å². The lowest BCUT2D eigenvalue weighted by molar-refractivity contribution is 0.375. The lowest BCUT2D eigenvalue weighted by Crippen LogP contribution is -2.26. The molecule has 0 unspecified atom stereocenters. The molecule has 0 bridgehead atoms. The first kappa shape index (κ1) is 18.4. The van der Waals surface area contributed by atoms with E-state index in [0.29, 0.717) is 11.5 Å². The monoisotopic (exact) mass is 406 g/mol. The van der Waals surface area contributed by atoms with Crippen molar-refractivity contribution in [1.29, 1.82) is 0 Å². The Morgan fingerprint density at radius 1 is 1.25 bits per heavy atom. The third-order valence-electron chi connectivity index (χ3n) is 4.34. The van der Waals surface area contributed by atoms with Gasteiger partial charge >= 0.3 is 11.8 Å². The topological polar surface area (TPSA) is 143 Å². The Morgan fingerprint density at radius 2 is 2.04 bits per heavy atom. The molecule has 1 aromatic carbocycles. The summed E-state index contributed by atoms with van der Waals surface area (Å²) in [5.74, 6) is 0.0651. The van der Waals surface area contributed by atoms with E-state index in [0.717, 1.165) is 25.9 Å². The second-order valence-corrected chi connectivity index (χ2v) is 8.00. The van der Waals surface area contributed by atoms with Gasteiger partial charge < -0.3 is 14.1 Å². The lowest BCUT2D eigenvalue weighted by atomic mass is 10.3. The van der Waals surface area contributed by atoms with Crippen LogP contribution in [0, 0.1) is 0 Å². The fourth-order valence-corrected chi connectivity index (χ4v) is 3.96. The Kier molecular flexibility index (Phi) is 4.73. The van der Waals surface area contributed by atoms with Crippen molar-refractivity contribution < 1.29 is 17.6 Å². The number of nitrogens with zero attached hydrogens (tertiary/aromatic N) is 4. The summed E-state index contributed by atoms with van der Waals surface area (Å²) >= 11 is 0. The van der Waals surface area contributed by atoms with E-state index in [1.807, 2.05) is 4.90 Å². The Labute approximate surface area is 159 Å². The molecule has 11 nitrogen and oxygen atoms in total. The molecule has 0 radical (unpaired) electrons. The number of hydrogen-bond donors (Lipinski definition) is 2. The van der Waals surface area contributed by atoms with Crippen LogP contribution in [0.4, 0.5) is 5.95 Å². The van der Waals surface area contributed by atoms with Crippen LogP contribution >= 0.6 is 0 Å². The average molecular weight is 406 g/mol. The SMILES string of the molecule is COc1nc(CNS(=O)(=O)c2ccc3oc(=O)[nH]c3c2)nc(N2CCCC2)n1. The zero-order valence-electron chi connectivity index (χ0n) is 15.0. The van der Waals surface area contributed by atoms with Crippen molar-refractivity contribution in [3.05, 3.63) is 34.6 Å². The third kappa shape index (κ3) is 3.68. The third-order valence-corrected chi connectivity index (χ3v) is 5.74. The van der Waals surface area contributed by atoms with Crippen molar-refractivity contribution >= 4 is 27.1 Å². The van der Waals surface area contributed by atoms with E-state index in [2.05, 4.69) is 24.7 Å². The molecule has 1 aliphatic rings. The smallest absolute Gasteiger partial charge is 0.417 e. The van der Waals surface area contributed by atoms with Gasteiger partial charge in [0.25, 0.3) is 0 Å². The normalized spacial score (nSPS) is 14.7.